The highest BCUT2D eigenvalue weighted by Gasteiger charge is 2.55. The maximum absolute atomic E-state index is 12.1. The molecule has 1 saturated heterocycles. The molecule has 1 aromatic rings. The number of aromatic nitrogens is 1. The molecule has 2 heterocycles. The molecule has 2 rings (SSSR count). The summed E-state index contributed by atoms with van der Waals surface area (Å²) in [5, 5.41) is 4.00. The van der Waals surface area contributed by atoms with Crippen LogP contribution in [0.5, 0.6) is 0 Å². The minimum absolute atomic E-state index is 0.160. The summed E-state index contributed by atoms with van der Waals surface area (Å²) in [4.78, 5) is 12.1. The lowest BCUT2D eigenvalue weighted by atomic mass is 9.65. The highest BCUT2D eigenvalue weighted by molar-refractivity contribution is 6.48. The Morgan fingerprint density at radius 3 is 2.22 bits per heavy atom. The van der Waals surface area contributed by atoms with Crippen LogP contribution in [0.25, 0.3) is 0 Å². The van der Waals surface area contributed by atoms with Gasteiger partial charge in [-0.3, -0.25) is 4.79 Å². The molecule has 23 heavy (non-hydrogen) atoms. The molecule has 0 N–H and O–H groups in total. The molecule has 1 aliphatic heterocycles. The zero-order valence-electron chi connectivity index (χ0n) is 15.1. The van der Waals surface area contributed by atoms with Gasteiger partial charge in [0.1, 0.15) is 5.76 Å². The minimum Gasteiger partial charge on any atom is -0.466 e. The molecule has 0 aliphatic carbocycles. The average Bonchev–Trinajstić information content (AvgIpc) is 2.85. The number of esters is 1. The second-order valence-electron chi connectivity index (χ2n) is 6.98. The highest BCUT2D eigenvalue weighted by atomic mass is 16.7. The normalized spacial score (nSPS) is 20.6. The summed E-state index contributed by atoms with van der Waals surface area (Å²) in [6.07, 6.45) is 0.160. The summed E-state index contributed by atoms with van der Waals surface area (Å²) in [6, 6.07) is 0. The third kappa shape index (κ3) is 3.45. The van der Waals surface area contributed by atoms with E-state index in [1.165, 1.54) is 0 Å². The van der Waals surface area contributed by atoms with E-state index < -0.39 is 18.3 Å². The molecular weight excluding hydrogens is 297 g/mol. The zero-order valence-corrected chi connectivity index (χ0v) is 15.1. The van der Waals surface area contributed by atoms with Crippen molar-refractivity contribution in [3.8, 4) is 0 Å². The van der Waals surface area contributed by atoms with E-state index in [1.807, 2.05) is 41.5 Å². The highest BCUT2D eigenvalue weighted by Crippen LogP contribution is 2.42. The van der Waals surface area contributed by atoms with Gasteiger partial charge in [-0.15, -0.1) is 0 Å². The molecule has 0 radical (unpaired) electrons. The lowest BCUT2D eigenvalue weighted by molar-refractivity contribution is -0.143. The molecule has 1 aromatic heterocycles. The van der Waals surface area contributed by atoms with Crippen molar-refractivity contribution in [3.05, 3.63) is 17.0 Å². The van der Waals surface area contributed by atoms with E-state index in [4.69, 9.17) is 18.6 Å². The molecule has 0 amide bonds. The Labute approximate surface area is 138 Å². The number of nitrogens with zero attached hydrogens (tertiary/aromatic N) is 1. The van der Waals surface area contributed by atoms with Crippen LogP contribution in [-0.4, -0.2) is 36.1 Å². The van der Waals surface area contributed by atoms with Gasteiger partial charge in [0, 0.05) is 11.4 Å². The third-order valence-electron chi connectivity index (χ3n) is 4.75. The lowest BCUT2D eigenvalue weighted by Crippen LogP contribution is -2.41. The molecule has 1 aliphatic rings. The Morgan fingerprint density at radius 1 is 1.22 bits per heavy atom. The van der Waals surface area contributed by atoms with Gasteiger partial charge in [-0.25, -0.2) is 0 Å². The lowest BCUT2D eigenvalue weighted by Gasteiger charge is -2.32. The van der Waals surface area contributed by atoms with E-state index in [-0.39, 0.29) is 18.2 Å². The van der Waals surface area contributed by atoms with Crippen LogP contribution in [0.1, 0.15) is 63.9 Å². The first-order valence-corrected chi connectivity index (χ1v) is 8.03. The van der Waals surface area contributed by atoms with Crippen LogP contribution in [0.15, 0.2) is 4.52 Å². The predicted molar refractivity (Wildman–Crippen MR) is 86.1 cm³/mol. The monoisotopic (exact) mass is 323 g/mol. The number of carbonyl (C=O) groups excluding carboxylic acids is 1. The maximum Gasteiger partial charge on any atom is 0.466 e. The Bertz CT molecular complexity index is 546. The maximum atomic E-state index is 12.1. The minimum atomic E-state index is -0.554. The number of rotatable bonds is 5. The summed E-state index contributed by atoms with van der Waals surface area (Å²) < 4.78 is 22.7. The molecule has 0 aromatic carbocycles. The largest absolute Gasteiger partial charge is 0.466 e. The number of carbonyl (C=O) groups is 1. The van der Waals surface area contributed by atoms with Crippen LogP contribution in [0, 0.1) is 13.8 Å². The number of ether oxygens (including phenoxy) is 1. The fraction of sp³-hybridized carbons (Fsp3) is 0.750. The van der Waals surface area contributed by atoms with E-state index in [2.05, 4.69) is 5.16 Å². The Morgan fingerprint density at radius 2 is 1.78 bits per heavy atom. The molecule has 7 heteroatoms. The summed E-state index contributed by atoms with van der Waals surface area (Å²) in [7, 11) is -0.554. The van der Waals surface area contributed by atoms with Gasteiger partial charge in [-0.1, -0.05) is 5.16 Å². The van der Waals surface area contributed by atoms with Gasteiger partial charge in [0.2, 0.25) is 0 Å². The SMILES string of the molecule is CCOC(=O)CC(B1OC(C)(C)C(C)(C)O1)c1c(C)noc1C. The van der Waals surface area contributed by atoms with E-state index in [0.29, 0.717) is 12.4 Å². The van der Waals surface area contributed by atoms with Crippen LogP contribution in [0.2, 0.25) is 0 Å². The first-order valence-electron chi connectivity index (χ1n) is 8.03. The van der Waals surface area contributed by atoms with Crippen molar-refractivity contribution in [1.29, 1.82) is 0 Å². The summed E-state index contributed by atoms with van der Waals surface area (Å²) >= 11 is 0. The molecule has 0 spiro atoms. The smallest absolute Gasteiger partial charge is 0.466 e. The molecule has 1 fully saturated rings. The topological polar surface area (TPSA) is 70.8 Å². The third-order valence-corrected chi connectivity index (χ3v) is 4.75. The number of hydrogen-bond donors (Lipinski definition) is 0. The Hall–Kier alpha value is -1.34. The van der Waals surface area contributed by atoms with E-state index in [1.54, 1.807) is 6.92 Å². The van der Waals surface area contributed by atoms with Crippen molar-refractivity contribution in [2.45, 2.75) is 71.9 Å². The van der Waals surface area contributed by atoms with Gasteiger partial charge in [-0.05, 0) is 48.5 Å². The molecule has 1 atom stereocenters. The van der Waals surface area contributed by atoms with Crippen LogP contribution in [0.4, 0.5) is 0 Å². The van der Waals surface area contributed by atoms with Crippen molar-refractivity contribution < 1.29 is 23.4 Å². The second kappa shape index (κ2) is 6.28. The number of hydrogen-bond acceptors (Lipinski definition) is 6. The van der Waals surface area contributed by atoms with Crippen LogP contribution < -0.4 is 0 Å². The fourth-order valence-corrected chi connectivity index (χ4v) is 2.81. The van der Waals surface area contributed by atoms with Crippen molar-refractivity contribution in [2.75, 3.05) is 6.61 Å². The molecule has 1 unspecified atom stereocenters. The summed E-state index contributed by atoms with van der Waals surface area (Å²) in [6.45, 7) is 13.8. The molecule has 0 saturated carbocycles. The van der Waals surface area contributed by atoms with Crippen LogP contribution >= 0.6 is 0 Å². The first kappa shape index (κ1) is 18.0. The van der Waals surface area contributed by atoms with Crippen LogP contribution in [0.3, 0.4) is 0 Å². The summed E-state index contributed by atoms with van der Waals surface area (Å²) in [5.74, 6) is 0.0695. The number of aryl methyl sites for hydroxylation is 2. The molecular formula is C16H26BNO5. The average molecular weight is 323 g/mol. The van der Waals surface area contributed by atoms with Crippen molar-refractivity contribution >= 4 is 13.1 Å². The van der Waals surface area contributed by atoms with Crippen LogP contribution in [-0.2, 0) is 18.8 Å². The van der Waals surface area contributed by atoms with Gasteiger partial charge in [-0.2, -0.15) is 0 Å². The van der Waals surface area contributed by atoms with E-state index >= 15 is 0 Å². The fourth-order valence-electron chi connectivity index (χ4n) is 2.81. The molecule has 0 bridgehead atoms. The molecule has 6 nitrogen and oxygen atoms in total. The first-order chi connectivity index (χ1) is 10.6. The van der Waals surface area contributed by atoms with Crippen molar-refractivity contribution in [3.63, 3.8) is 0 Å². The van der Waals surface area contributed by atoms with E-state index in [9.17, 15) is 4.79 Å². The second-order valence-corrected chi connectivity index (χ2v) is 6.98. The Kier molecular flexibility index (Phi) is 4.92. The van der Waals surface area contributed by atoms with Gasteiger partial charge < -0.3 is 18.6 Å². The van der Waals surface area contributed by atoms with Gasteiger partial charge in [0.25, 0.3) is 0 Å². The predicted octanol–water partition coefficient (Wildman–Crippen LogP) is 2.96. The molecule has 128 valence electrons. The summed E-state index contributed by atoms with van der Waals surface area (Å²) in [5.41, 5.74) is 0.663. The van der Waals surface area contributed by atoms with Gasteiger partial charge in [0.15, 0.2) is 0 Å². The standard InChI is InChI=1S/C16H26BNO5/c1-8-20-13(19)9-12(14-10(2)18-21-11(14)3)17-22-15(4,5)16(6,7)23-17/h12H,8-9H2,1-7H3. The van der Waals surface area contributed by atoms with Gasteiger partial charge >= 0.3 is 13.1 Å². The quantitative estimate of drug-likeness (QED) is 0.613. The van der Waals surface area contributed by atoms with Crippen molar-refractivity contribution in [2.24, 2.45) is 0 Å². The Balaban J connectivity index is 2.34. The zero-order chi connectivity index (χ0) is 17.4. The van der Waals surface area contributed by atoms with E-state index in [0.717, 1.165) is 11.3 Å². The van der Waals surface area contributed by atoms with Gasteiger partial charge in [0.05, 0.1) is 29.9 Å². The van der Waals surface area contributed by atoms with Crippen molar-refractivity contribution in [1.82, 2.24) is 5.16 Å².